The fraction of sp³-hybridized carbons (Fsp3) is 0.333. The van der Waals surface area contributed by atoms with Gasteiger partial charge in [-0.1, -0.05) is 0 Å². The molecule has 1 aromatic heterocycles. The fourth-order valence-corrected chi connectivity index (χ4v) is 1.03. The van der Waals surface area contributed by atoms with Gasteiger partial charge in [0.1, 0.15) is 6.61 Å². The van der Waals surface area contributed by atoms with E-state index < -0.39 is 0 Å². The van der Waals surface area contributed by atoms with E-state index in [1.807, 2.05) is 6.26 Å². The van der Waals surface area contributed by atoms with Gasteiger partial charge in [-0.05, 0) is 18.4 Å². The summed E-state index contributed by atoms with van der Waals surface area (Å²) in [5.41, 5.74) is 0.503. The molecule has 0 spiro atoms. The van der Waals surface area contributed by atoms with Crippen LogP contribution in [-0.2, 0) is 4.74 Å². The van der Waals surface area contributed by atoms with Crippen molar-refractivity contribution in [1.82, 2.24) is 4.98 Å². The number of aromatic nitrogens is 1. The zero-order valence-corrected chi connectivity index (χ0v) is 8.21. The number of hydrogen-bond acceptors (Lipinski definition) is 4. The molecule has 70 valence electrons. The standard InChI is InChI=1S/C9H11NO2S/c1-13-6-5-12-9(11)8-3-2-4-10-7-8/h2-4,7H,5-6H2,1H3. The number of rotatable bonds is 4. The van der Waals surface area contributed by atoms with Crippen molar-refractivity contribution in [2.75, 3.05) is 18.6 Å². The highest BCUT2D eigenvalue weighted by Gasteiger charge is 2.04. The molecular formula is C9H11NO2S. The molecule has 0 amide bonds. The minimum absolute atomic E-state index is 0.304. The third kappa shape index (κ3) is 3.46. The van der Waals surface area contributed by atoms with E-state index in [4.69, 9.17) is 4.74 Å². The van der Waals surface area contributed by atoms with Crippen LogP contribution in [0.25, 0.3) is 0 Å². The van der Waals surface area contributed by atoms with E-state index in [0.717, 1.165) is 5.75 Å². The maximum absolute atomic E-state index is 11.2. The smallest absolute Gasteiger partial charge is 0.339 e. The van der Waals surface area contributed by atoms with Crippen molar-refractivity contribution in [2.24, 2.45) is 0 Å². The van der Waals surface area contributed by atoms with E-state index in [1.165, 1.54) is 6.20 Å². The summed E-state index contributed by atoms with van der Waals surface area (Å²) >= 11 is 1.65. The second-order valence-corrected chi connectivity index (χ2v) is 3.36. The van der Waals surface area contributed by atoms with Crippen LogP contribution in [0.4, 0.5) is 0 Å². The molecule has 4 heteroatoms. The normalized spacial score (nSPS) is 9.62. The van der Waals surface area contributed by atoms with Crippen LogP contribution < -0.4 is 0 Å². The summed E-state index contributed by atoms with van der Waals surface area (Å²) in [5, 5.41) is 0. The summed E-state index contributed by atoms with van der Waals surface area (Å²) in [6.07, 6.45) is 5.10. The van der Waals surface area contributed by atoms with E-state index in [0.29, 0.717) is 12.2 Å². The van der Waals surface area contributed by atoms with Crippen LogP contribution in [0.2, 0.25) is 0 Å². The highest BCUT2D eigenvalue weighted by Crippen LogP contribution is 1.99. The topological polar surface area (TPSA) is 39.2 Å². The molecule has 1 rings (SSSR count). The van der Waals surface area contributed by atoms with Crippen LogP contribution in [0.5, 0.6) is 0 Å². The summed E-state index contributed by atoms with van der Waals surface area (Å²) in [7, 11) is 0. The minimum Gasteiger partial charge on any atom is -0.461 e. The summed E-state index contributed by atoms with van der Waals surface area (Å²) in [4.78, 5) is 15.1. The third-order valence-corrected chi connectivity index (χ3v) is 1.99. The molecule has 0 aliphatic heterocycles. The van der Waals surface area contributed by atoms with Crippen molar-refractivity contribution in [2.45, 2.75) is 0 Å². The summed E-state index contributed by atoms with van der Waals surface area (Å²) < 4.78 is 4.97. The van der Waals surface area contributed by atoms with Crippen molar-refractivity contribution in [3.05, 3.63) is 30.1 Å². The summed E-state index contributed by atoms with van der Waals surface area (Å²) in [6.45, 7) is 0.453. The van der Waals surface area contributed by atoms with Gasteiger partial charge in [-0.2, -0.15) is 11.8 Å². The van der Waals surface area contributed by atoms with Crippen molar-refractivity contribution in [3.63, 3.8) is 0 Å². The molecule has 3 nitrogen and oxygen atoms in total. The second-order valence-electron chi connectivity index (χ2n) is 2.37. The Hall–Kier alpha value is -1.03. The van der Waals surface area contributed by atoms with Gasteiger partial charge in [0.05, 0.1) is 5.56 Å². The Kier molecular flexibility index (Phi) is 4.32. The zero-order chi connectivity index (χ0) is 9.52. The van der Waals surface area contributed by atoms with Crippen molar-refractivity contribution in [3.8, 4) is 0 Å². The van der Waals surface area contributed by atoms with Gasteiger partial charge < -0.3 is 4.74 Å². The number of nitrogens with zero attached hydrogens (tertiary/aromatic N) is 1. The number of carbonyl (C=O) groups excluding carboxylic acids is 1. The Morgan fingerprint density at radius 1 is 1.69 bits per heavy atom. The van der Waals surface area contributed by atoms with E-state index in [-0.39, 0.29) is 5.97 Å². The van der Waals surface area contributed by atoms with Crippen LogP contribution in [0.15, 0.2) is 24.5 Å². The first-order valence-corrected chi connectivity index (χ1v) is 5.30. The second kappa shape index (κ2) is 5.59. The van der Waals surface area contributed by atoms with Crippen LogP contribution in [0.3, 0.4) is 0 Å². The van der Waals surface area contributed by atoms with Gasteiger partial charge in [0.15, 0.2) is 0 Å². The number of esters is 1. The quantitative estimate of drug-likeness (QED) is 0.543. The Morgan fingerprint density at radius 2 is 2.54 bits per heavy atom. The van der Waals surface area contributed by atoms with E-state index in [2.05, 4.69) is 4.98 Å². The number of thioether (sulfide) groups is 1. The molecule has 1 heterocycles. The number of carbonyl (C=O) groups is 1. The first kappa shape index (κ1) is 10.1. The average Bonchev–Trinajstić information content (AvgIpc) is 2.19. The zero-order valence-electron chi connectivity index (χ0n) is 7.40. The first-order chi connectivity index (χ1) is 6.34. The SMILES string of the molecule is CSCCOC(=O)c1cccnc1. The maximum atomic E-state index is 11.2. The first-order valence-electron chi connectivity index (χ1n) is 3.90. The molecule has 0 radical (unpaired) electrons. The van der Waals surface area contributed by atoms with Gasteiger partial charge in [-0.15, -0.1) is 0 Å². The maximum Gasteiger partial charge on any atom is 0.339 e. The van der Waals surface area contributed by atoms with Gasteiger partial charge in [-0.25, -0.2) is 4.79 Å². The molecule has 0 saturated carbocycles. The highest BCUT2D eigenvalue weighted by atomic mass is 32.2. The predicted molar refractivity (Wildman–Crippen MR) is 52.9 cm³/mol. The monoisotopic (exact) mass is 197 g/mol. The minimum atomic E-state index is -0.304. The van der Waals surface area contributed by atoms with Gasteiger partial charge >= 0.3 is 5.97 Å². The Morgan fingerprint density at radius 3 is 3.15 bits per heavy atom. The molecule has 0 aliphatic rings. The lowest BCUT2D eigenvalue weighted by Crippen LogP contribution is -2.07. The lowest BCUT2D eigenvalue weighted by atomic mass is 10.3. The highest BCUT2D eigenvalue weighted by molar-refractivity contribution is 7.98. The molecule has 13 heavy (non-hydrogen) atoms. The van der Waals surface area contributed by atoms with Crippen molar-refractivity contribution in [1.29, 1.82) is 0 Å². The number of hydrogen-bond donors (Lipinski definition) is 0. The molecular weight excluding hydrogens is 186 g/mol. The Balaban J connectivity index is 2.40. The van der Waals surface area contributed by atoms with Crippen LogP contribution in [0, 0.1) is 0 Å². The summed E-state index contributed by atoms with van der Waals surface area (Å²) in [6, 6.07) is 3.40. The largest absolute Gasteiger partial charge is 0.461 e. The Bertz CT molecular complexity index is 264. The van der Waals surface area contributed by atoms with Crippen LogP contribution in [-0.4, -0.2) is 29.6 Å². The predicted octanol–water partition coefficient (Wildman–Crippen LogP) is 1.60. The molecule has 0 N–H and O–H groups in total. The third-order valence-electron chi connectivity index (χ3n) is 1.42. The average molecular weight is 197 g/mol. The van der Waals surface area contributed by atoms with Gasteiger partial charge in [0.25, 0.3) is 0 Å². The van der Waals surface area contributed by atoms with Gasteiger partial charge in [0.2, 0.25) is 0 Å². The molecule has 0 saturated heterocycles. The molecule has 0 bridgehead atoms. The van der Waals surface area contributed by atoms with Crippen LogP contribution >= 0.6 is 11.8 Å². The van der Waals surface area contributed by atoms with Gasteiger partial charge in [0, 0.05) is 18.1 Å². The number of pyridine rings is 1. The molecule has 0 aliphatic carbocycles. The number of ether oxygens (including phenoxy) is 1. The van der Waals surface area contributed by atoms with Crippen LogP contribution in [0.1, 0.15) is 10.4 Å². The van der Waals surface area contributed by atoms with Crippen molar-refractivity contribution >= 4 is 17.7 Å². The lowest BCUT2D eigenvalue weighted by Gasteiger charge is -2.02. The lowest BCUT2D eigenvalue weighted by molar-refractivity contribution is 0.0530. The molecule has 0 unspecified atom stereocenters. The van der Waals surface area contributed by atoms with E-state index >= 15 is 0 Å². The fourth-order valence-electron chi connectivity index (χ4n) is 0.785. The van der Waals surface area contributed by atoms with E-state index in [9.17, 15) is 4.79 Å². The van der Waals surface area contributed by atoms with Gasteiger partial charge in [-0.3, -0.25) is 4.98 Å². The molecule has 0 atom stereocenters. The molecule has 0 aromatic carbocycles. The molecule has 1 aromatic rings. The summed E-state index contributed by atoms with van der Waals surface area (Å²) in [5.74, 6) is 0.522. The Labute approximate surface area is 81.5 Å². The molecule has 0 fully saturated rings. The van der Waals surface area contributed by atoms with E-state index in [1.54, 1.807) is 30.1 Å². The van der Waals surface area contributed by atoms with Crippen molar-refractivity contribution < 1.29 is 9.53 Å².